The molecule has 0 amide bonds. The van der Waals surface area contributed by atoms with Crippen LogP contribution in [0.1, 0.15) is 12.8 Å². The van der Waals surface area contributed by atoms with E-state index in [0.29, 0.717) is 6.10 Å². The number of hydrogen-bond acceptors (Lipinski definition) is 3. The Bertz CT molecular complexity index is 367. The van der Waals surface area contributed by atoms with Crippen molar-refractivity contribution < 1.29 is 4.74 Å². The van der Waals surface area contributed by atoms with Crippen LogP contribution in [-0.4, -0.2) is 44.3 Å². The summed E-state index contributed by atoms with van der Waals surface area (Å²) in [7, 11) is 2.13. The summed E-state index contributed by atoms with van der Waals surface area (Å²) in [5, 5.41) is 4.13. The van der Waals surface area contributed by atoms with Gasteiger partial charge in [0.15, 0.2) is 0 Å². The highest BCUT2D eigenvalue weighted by atomic mass is 35.5. The van der Waals surface area contributed by atoms with Crippen molar-refractivity contribution in [2.24, 2.45) is 0 Å². The summed E-state index contributed by atoms with van der Waals surface area (Å²) >= 11 is 6.08. The molecule has 3 nitrogen and oxygen atoms in total. The number of hydrogen-bond donors (Lipinski definition) is 1. The molecule has 0 bridgehead atoms. The minimum Gasteiger partial charge on any atom is -0.383 e. The van der Waals surface area contributed by atoms with Crippen LogP contribution in [0.5, 0.6) is 0 Å². The fraction of sp³-hybridized carbons (Fsp3) is 0.571. The van der Waals surface area contributed by atoms with Crippen LogP contribution in [0.15, 0.2) is 24.3 Å². The van der Waals surface area contributed by atoms with Crippen molar-refractivity contribution in [1.82, 2.24) is 4.90 Å². The molecule has 1 unspecified atom stereocenters. The van der Waals surface area contributed by atoms with Gasteiger partial charge in [-0.15, -0.1) is 0 Å². The molecule has 1 aromatic carbocycles. The van der Waals surface area contributed by atoms with E-state index in [1.54, 1.807) is 0 Å². The van der Waals surface area contributed by atoms with Gasteiger partial charge in [-0.1, -0.05) is 23.7 Å². The van der Waals surface area contributed by atoms with Crippen molar-refractivity contribution in [3.63, 3.8) is 0 Å². The van der Waals surface area contributed by atoms with Crippen molar-refractivity contribution in [2.45, 2.75) is 18.9 Å². The summed E-state index contributed by atoms with van der Waals surface area (Å²) in [5.74, 6) is 0. The van der Waals surface area contributed by atoms with E-state index in [-0.39, 0.29) is 0 Å². The summed E-state index contributed by atoms with van der Waals surface area (Å²) in [4.78, 5) is 2.31. The predicted molar refractivity (Wildman–Crippen MR) is 76.4 cm³/mol. The summed E-state index contributed by atoms with van der Waals surface area (Å²) in [6, 6.07) is 7.84. The summed E-state index contributed by atoms with van der Waals surface area (Å²) in [6.07, 6.45) is 2.83. The van der Waals surface area contributed by atoms with E-state index in [1.807, 2.05) is 24.3 Å². The Morgan fingerprint density at radius 1 is 1.44 bits per heavy atom. The second-order valence-electron chi connectivity index (χ2n) is 4.80. The Kier molecular flexibility index (Phi) is 5.29. The Balaban J connectivity index is 1.67. The molecule has 1 aromatic rings. The molecule has 100 valence electrons. The minimum atomic E-state index is 0.426. The molecule has 2 rings (SSSR count). The lowest BCUT2D eigenvalue weighted by molar-refractivity contribution is 0.0823. The highest BCUT2D eigenvalue weighted by molar-refractivity contribution is 6.33. The van der Waals surface area contributed by atoms with Crippen LogP contribution in [0.25, 0.3) is 0 Å². The maximum atomic E-state index is 6.08. The number of nitrogens with one attached hydrogen (secondary N) is 1. The van der Waals surface area contributed by atoms with Crippen LogP contribution in [0.3, 0.4) is 0 Å². The van der Waals surface area contributed by atoms with Crippen LogP contribution in [0.4, 0.5) is 5.69 Å². The van der Waals surface area contributed by atoms with Crippen molar-refractivity contribution in [3.05, 3.63) is 29.3 Å². The van der Waals surface area contributed by atoms with E-state index in [2.05, 4.69) is 17.3 Å². The molecule has 1 atom stereocenters. The fourth-order valence-corrected chi connectivity index (χ4v) is 2.42. The first-order chi connectivity index (χ1) is 8.75. The maximum absolute atomic E-state index is 6.08. The summed E-state index contributed by atoms with van der Waals surface area (Å²) < 4.78 is 5.62. The number of nitrogens with zero attached hydrogens (tertiary/aromatic N) is 1. The highest BCUT2D eigenvalue weighted by Crippen LogP contribution is 2.20. The topological polar surface area (TPSA) is 24.5 Å². The van der Waals surface area contributed by atoms with Crippen molar-refractivity contribution in [2.75, 3.05) is 38.6 Å². The van der Waals surface area contributed by atoms with E-state index in [9.17, 15) is 0 Å². The Morgan fingerprint density at radius 2 is 2.28 bits per heavy atom. The summed E-state index contributed by atoms with van der Waals surface area (Å²) in [6.45, 7) is 3.83. The lowest BCUT2D eigenvalue weighted by Gasteiger charge is -2.20. The van der Waals surface area contributed by atoms with Gasteiger partial charge in [-0.2, -0.15) is 0 Å². The quantitative estimate of drug-likeness (QED) is 0.859. The Morgan fingerprint density at radius 3 is 3.00 bits per heavy atom. The molecule has 1 saturated heterocycles. The number of ether oxygens (including phenoxy) is 1. The molecular formula is C14H21ClN2O. The number of halogens is 1. The van der Waals surface area contributed by atoms with Gasteiger partial charge in [-0.3, -0.25) is 0 Å². The molecule has 0 radical (unpaired) electrons. The number of likely N-dealkylation sites (N-methyl/N-ethyl adjacent to an activating group) is 1. The highest BCUT2D eigenvalue weighted by Gasteiger charge is 2.16. The lowest BCUT2D eigenvalue weighted by Crippen LogP contribution is -2.32. The Labute approximate surface area is 114 Å². The van der Waals surface area contributed by atoms with Crippen LogP contribution >= 0.6 is 11.6 Å². The predicted octanol–water partition coefficient (Wildman–Crippen LogP) is 2.86. The minimum absolute atomic E-state index is 0.426. The van der Waals surface area contributed by atoms with E-state index in [0.717, 1.165) is 37.0 Å². The zero-order valence-electron chi connectivity index (χ0n) is 10.9. The van der Waals surface area contributed by atoms with Gasteiger partial charge < -0.3 is 15.0 Å². The molecule has 0 aromatic heterocycles. The second-order valence-corrected chi connectivity index (χ2v) is 5.21. The van der Waals surface area contributed by atoms with Crippen LogP contribution in [0.2, 0.25) is 5.02 Å². The molecule has 1 aliphatic rings. The largest absolute Gasteiger partial charge is 0.383 e. The first-order valence-electron chi connectivity index (χ1n) is 6.54. The van der Waals surface area contributed by atoms with Crippen LogP contribution < -0.4 is 5.32 Å². The first-order valence-corrected chi connectivity index (χ1v) is 6.92. The van der Waals surface area contributed by atoms with Gasteiger partial charge in [0.1, 0.15) is 0 Å². The van der Waals surface area contributed by atoms with Crippen molar-refractivity contribution in [1.29, 1.82) is 0 Å². The zero-order valence-corrected chi connectivity index (χ0v) is 11.6. The molecule has 1 fully saturated rings. The molecule has 1 aliphatic heterocycles. The number of anilines is 1. The van der Waals surface area contributed by atoms with E-state index in [1.165, 1.54) is 12.8 Å². The smallest absolute Gasteiger partial charge is 0.0702 e. The average Bonchev–Trinajstić information content (AvgIpc) is 2.84. The van der Waals surface area contributed by atoms with Gasteiger partial charge in [0, 0.05) is 26.2 Å². The molecule has 4 heteroatoms. The summed E-state index contributed by atoms with van der Waals surface area (Å²) in [5.41, 5.74) is 1.00. The molecule has 0 saturated carbocycles. The average molecular weight is 269 g/mol. The van der Waals surface area contributed by atoms with Gasteiger partial charge in [-0.05, 0) is 32.0 Å². The lowest BCUT2D eigenvalue weighted by atomic mass is 10.2. The van der Waals surface area contributed by atoms with Gasteiger partial charge in [0.25, 0.3) is 0 Å². The van der Waals surface area contributed by atoms with Crippen molar-refractivity contribution in [3.8, 4) is 0 Å². The van der Waals surface area contributed by atoms with E-state index < -0.39 is 0 Å². The monoisotopic (exact) mass is 268 g/mol. The zero-order chi connectivity index (χ0) is 12.8. The van der Waals surface area contributed by atoms with E-state index >= 15 is 0 Å². The van der Waals surface area contributed by atoms with Crippen LogP contribution in [-0.2, 0) is 4.74 Å². The first kappa shape index (κ1) is 13.7. The second kappa shape index (κ2) is 6.98. The number of benzene rings is 1. The third-order valence-corrected chi connectivity index (χ3v) is 3.55. The number of rotatable bonds is 6. The van der Waals surface area contributed by atoms with Gasteiger partial charge >= 0.3 is 0 Å². The molecule has 18 heavy (non-hydrogen) atoms. The van der Waals surface area contributed by atoms with Gasteiger partial charge in [0.2, 0.25) is 0 Å². The standard InChI is InChI=1S/C14H21ClN2O/c1-17(11-12-5-4-10-18-12)9-8-16-14-7-3-2-6-13(14)15/h2-3,6-7,12,16H,4-5,8-11H2,1H3. The molecule has 1 N–H and O–H groups in total. The number of para-hydroxylation sites is 1. The molecule has 0 spiro atoms. The third kappa shape index (κ3) is 4.16. The maximum Gasteiger partial charge on any atom is 0.0702 e. The van der Waals surface area contributed by atoms with E-state index in [4.69, 9.17) is 16.3 Å². The normalized spacial score (nSPS) is 19.4. The van der Waals surface area contributed by atoms with Crippen LogP contribution in [0, 0.1) is 0 Å². The van der Waals surface area contributed by atoms with Crippen molar-refractivity contribution >= 4 is 17.3 Å². The molecule has 0 aliphatic carbocycles. The SMILES string of the molecule is CN(CCNc1ccccc1Cl)CC1CCCO1. The van der Waals surface area contributed by atoms with Gasteiger partial charge in [0.05, 0.1) is 16.8 Å². The van der Waals surface area contributed by atoms with Gasteiger partial charge in [-0.25, -0.2) is 0 Å². The third-order valence-electron chi connectivity index (χ3n) is 3.22. The molecular weight excluding hydrogens is 248 g/mol. The molecule has 1 heterocycles. The fourth-order valence-electron chi connectivity index (χ4n) is 2.21. The Hall–Kier alpha value is -0.770.